The Morgan fingerprint density at radius 2 is 2.00 bits per heavy atom. The van der Waals surface area contributed by atoms with Crippen LogP contribution < -0.4 is 5.32 Å². The first-order valence-corrected chi connectivity index (χ1v) is 10.6. The molecule has 0 unspecified atom stereocenters. The van der Waals surface area contributed by atoms with Crippen LogP contribution in [0.15, 0.2) is 33.7 Å². The van der Waals surface area contributed by atoms with Crippen molar-refractivity contribution in [2.45, 2.75) is 69.2 Å². The highest BCUT2D eigenvalue weighted by Gasteiger charge is 2.24. The van der Waals surface area contributed by atoms with Gasteiger partial charge in [0.2, 0.25) is 0 Å². The molecule has 2 aromatic rings. The van der Waals surface area contributed by atoms with Crippen LogP contribution in [-0.2, 0) is 15.3 Å². The molecular formula is C21H26N2O4S. The van der Waals surface area contributed by atoms with Crippen molar-refractivity contribution in [3.05, 3.63) is 46.8 Å². The van der Waals surface area contributed by atoms with Crippen molar-refractivity contribution in [3.63, 3.8) is 0 Å². The van der Waals surface area contributed by atoms with Crippen LogP contribution in [-0.4, -0.2) is 29.2 Å². The van der Waals surface area contributed by atoms with Gasteiger partial charge in [-0.3, -0.25) is 4.79 Å². The molecule has 1 fully saturated rings. The van der Waals surface area contributed by atoms with E-state index in [0.717, 1.165) is 47.6 Å². The molecule has 7 heteroatoms. The van der Waals surface area contributed by atoms with Crippen molar-refractivity contribution >= 4 is 23.6 Å². The second kappa shape index (κ2) is 9.28. The summed E-state index contributed by atoms with van der Waals surface area (Å²) in [7, 11) is 0. The lowest BCUT2D eigenvalue weighted by Crippen LogP contribution is -2.40. The summed E-state index contributed by atoms with van der Waals surface area (Å²) in [6.07, 6.45) is 3.43. The third kappa shape index (κ3) is 4.95. The van der Waals surface area contributed by atoms with Gasteiger partial charge in [0.1, 0.15) is 5.76 Å². The Bertz CT molecular complexity index is 823. The second-order valence-electron chi connectivity index (χ2n) is 7.13. The summed E-state index contributed by atoms with van der Waals surface area (Å²) >= 11 is 1.52. The van der Waals surface area contributed by atoms with E-state index in [1.165, 1.54) is 11.8 Å². The van der Waals surface area contributed by atoms with Crippen molar-refractivity contribution in [2.24, 2.45) is 0 Å². The average Bonchev–Trinajstić information content (AvgIpc) is 3.30. The van der Waals surface area contributed by atoms with Crippen molar-refractivity contribution < 1.29 is 18.8 Å². The van der Waals surface area contributed by atoms with Gasteiger partial charge in [0.05, 0.1) is 11.3 Å². The fraction of sp³-hybridized carbons (Fsp3) is 0.476. The van der Waals surface area contributed by atoms with E-state index in [9.17, 15) is 9.59 Å². The summed E-state index contributed by atoms with van der Waals surface area (Å²) in [4.78, 5) is 25.8. The largest absolute Gasteiger partial charge is 0.449 e. The number of benzene rings is 1. The Labute approximate surface area is 169 Å². The second-order valence-corrected chi connectivity index (χ2v) is 8.14. The van der Waals surface area contributed by atoms with Gasteiger partial charge in [-0.1, -0.05) is 30.1 Å². The lowest BCUT2D eigenvalue weighted by Gasteiger charge is -2.17. The number of rotatable bonds is 7. The maximum atomic E-state index is 12.7. The maximum Gasteiger partial charge on any atom is 0.340 e. The molecule has 0 spiro atoms. The van der Waals surface area contributed by atoms with E-state index in [1.54, 1.807) is 19.1 Å². The van der Waals surface area contributed by atoms with E-state index in [2.05, 4.69) is 10.5 Å². The van der Waals surface area contributed by atoms with Gasteiger partial charge in [0, 0.05) is 22.3 Å². The summed E-state index contributed by atoms with van der Waals surface area (Å²) in [5, 5.41) is 6.93. The molecule has 1 amide bonds. The van der Waals surface area contributed by atoms with Gasteiger partial charge in [0.15, 0.2) is 6.10 Å². The number of nitrogens with zero attached hydrogens (tertiary/aromatic N) is 1. The zero-order chi connectivity index (χ0) is 20.1. The van der Waals surface area contributed by atoms with Crippen molar-refractivity contribution in [3.8, 4) is 0 Å². The molecular weight excluding hydrogens is 376 g/mol. The summed E-state index contributed by atoms with van der Waals surface area (Å²) < 4.78 is 10.6. The number of carbonyl (C=O) groups is 2. The van der Waals surface area contributed by atoms with Crippen LogP contribution in [0.1, 0.15) is 60.0 Å². The first kappa shape index (κ1) is 20.5. The van der Waals surface area contributed by atoms with Crippen molar-refractivity contribution in [1.82, 2.24) is 10.5 Å². The van der Waals surface area contributed by atoms with Crippen LogP contribution in [0.5, 0.6) is 0 Å². The fourth-order valence-corrected chi connectivity index (χ4v) is 4.48. The van der Waals surface area contributed by atoms with Gasteiger partial charge < -0.3 is 14.6 Å². The third-order valence-electron chi connectivity index (χ3n) is 5.01. The monoisotopic (exact) mass is 402 g/mol. The number of hydrogen-bond donors (Lipinski definition) is 1. The molecule has 1 N–H and O–H groups in total. The first-order chi connectivity index (χ1) is 13.5. The average molecular weight is 403 g/mol. The number of hydrogen-bond acceptors (Lipinski definition) is 6. The Kier molecular flexibility index (Phi) is 6.78. The number of ether oxygens (including phenoxy) is 1. The Morgan fingerprint density at radius 1 is 1.29 bits per heavy atom. The number of amides is 1. The van der Waals surface area contributed by atoms with E-state index < -0.39 is 12.1 Å². The molecule has 6 nitrogen and oxygen atoms in total. The number of nitrogens with one attached hydrogen (secondary N) is 1. The number of aromatic nitrogens is 1. The molecule has 1 aliphatic rings. The molecule has 1 aliphatic carbocycles. The van der Waals surface area contributed by atoms with Crippen LogP contribution in [0, 0.1) is 13.8 Å². The summed E-state index contributed by atoms with van der Waals surface area (Å²) in [5.41, 5.74) is 2.33. The zero-order valence-corrected chi connectivity index (χ0v) is 17.3. The number of aryl methyl sites for hydroxylation is 2. The normalized spacial score (nSPS) is 15.4. The number of esters is 1. The molecule has 3 rings (SSSR count). The van der Waals surface area contributed by atoms with Crippen molar-refractivity contribution in [2.75, 3.05) is 0 Å². The quantitative estimate of drug-likeness (QED) is 0.552. The summed E-state index contributed by atoms with van der Waals surface area (Å²) in [5.74, 6) is 0.697. The maximum absolute atomic E-state index is 12.7. The predicted molar refractivity (Wildman–Crippen MR) is 107 cm³/mol. The standard InChI is InChI=1S/C21H26N2O4S/c1-13-18(14(2)27-23-13)12-28-19-11-7-6-10-17(19)21(25)26-15(3)20(24)22-16-8-4-5-9-16/h6-7,10-11,15-16H,4-5,8-9,12H2,1-3H3,(H,22,24)/t15-/m0/s1. The highest BCUT2D eigenvalue weighted by molar-refractivity contribution is 7.98. The van der Waals surface area contributed by atoms with Crippen LogP contribution in [0.3, 0.4) is 0 Å². The molecule has 0 saturated heterocycles. The highest BCUT2D eigenvalue weighted by Crippen LogP contribution is 2.29. The predicted octanol–water partition coefficient (Wildman–Crippen LogP) is 4.19. The first-order valence-electron chi connectivity index (χ1n) is 9.60. The van der Waals surface area contributed by atoms with Gasteiger partial charge in [-0.15, -0.1) is 11.8 Å². The Morgan fingerprint density at radius 3 is 2.68 bits per heavy atom. The molecule has 1 aromatic carbocycles. The van der Waals surface area contributed by atoms with Crippen LogP contribution >= 0.6 is 11.8 Å². The molecule has 28 heavy (non-hydrogen) atoms. The summed E-state index contributed by atoms with van der Waals surface area (Å²) in [6, 6.07) is 7.47. The highest BCUT2D eigenvalue weighted by atomic mass is 32.2. The van der Waals surface area contributed by atoms with Crippen LogP contribution in [0.4, 0.5) is 0 Å². The number of thioether (sulfide) groups is 1. The molecule has 1 atom stereocenters. The minimum atomic E-state index is -0.825. The van der Waals surface area contributed by atoms with Gasteiger partial charge >= 0.3 is 5.97 Å². The van der Waals surface area contributed by atoms with Gasteiger partial charge in [0.25, 0.3) is 5.91 Å². The third-order valence-corrected chi connectivity index (χ3v) is 6.11. The topological polar surface area (TPSA) is 81.4 Å². The molecule has 0 radical (unpaired) electrons. The number of carbonyl (C=O) groups excluding carboxylic acids is 2. The minimum absolute atomic E-state index is 0.201. The van der Waals surface area contributed by atoms with E-state index >= 15 is 0 Å². The molecule has 0 bridgehead atoms. The molecule has 0 aliphatic heterocycles. The van der Waals surface area contributed by atoms with E-state index in [0.29, 0.717) is 11.3 Å². The van der Waals surface area contributed by atoms with E-state index in [1.807, 2.05) is 26.0 Å². The lowest BCUT2D eigenvalue weighted by atomic mass is 10.2. The SMILES string of the molecule is Cc1noc(C)c1CSc1ccccc1C(=O)O[C@@H](C)C(=O)NC1CCCC1. The zero-order valence-electron chi connectivity index (χ0n) is 16.5. The Hall–Kier alpha value is -2.28. The minimum Gasteiger partial charge on any atom is -0.449 e. The van der Waals surface area contributed by atoms with Gasteiger partial charge in [-0.05, 0) is 45.7 Å². The van der Waals surface area contributed by atoms with Gasteiger partial charge in [-0.25, -0.2) is 4.79 Å². The summed E-state index contributed by atoms with van der Waals surface area (Å²) in [6.45, 7) is 5.39. The van der Waals surface area contributed by atoms with Crippen LogP contribution in [0.25, 0.3) is 0 Å². The molecule has 1 saturated carbocycles. The molecule has 1 heterocycles. The molecule has 1 aromatic heterocycles. The van der Waals surface area contributed by atoms with Crippen LogP contribution in [0.2, 0.25) is 0 Å². The fourth-order valence-electron chi connectivity index (χ4n) is 3.29. The van der Waals surface area contributed by atoms with Gasteiger partial charge in [-0.2, -0.15) is 0 Å². The van der Waals surface area contributed by atoms with E-state index in [-0.39, 0.29) is 11.9 Å². The lowest BCUT2D eigenvalue weighted by molar-refractivity contribution is -0.129. The smallest absolute Gasteiger partial charge is 0.340 e. The van der Waals surface area contributed by atoms with Crippen molar-refractivity contribution in [1.29, 1.82) is 0 Å². The molecule has 150 valence electrons. The Balaban J connectivity index is 1.62. The van der Waals surface area contributed by atoms with E-state index in [4.69, 9.17) is 9.26 Å².